The van der Waals surface area contributed by atoms with E-state index in [1.165, 1.54) is 0 Å². The minimum Gasteiger partial charge on any atom is -0.300 e. The predicted octanol–water partition coefficient (Wildman–Crippen LogP) is 3.10. The molecule has 1 heteroatoms. The minimum absolute atomic E-state index is 0.407. The van der Waals surface area contributed by atoms with Crippen molar-refractivity contribution in [2.45, 2.75) is 46.0 Å². The summed E-state index contributed by atoms with van der Waals surface area (Å²) in [6.45, 7) is 4.09. The van der Waals surface area contributed by atoms with Crippen LogP contribution in [0.25, 0.3) is 0 Å². The Morgan fingerprint density at radius 1 is 1.36 bits per heavy atom. The first-order valence-electron chi connectivity index (χ1n) is 4.44. The monoisotopic (exact) mass is 154 g/mol. The van der Waals surface area contributed by atoms with E-state index in [0.717, 1.165) is 32.1 Å². The summed E-state index contributed by atoms with van der Waals surface area (Å²) in [5.41, 5.74) is 0. The Bertz CT molecular complexity index is 125. The zero-order valence-electron chi connectivity index (χ0n) is 7.60. The lowest BCUT2D eigenvalue weighted by Gasteiger charge is -1.95. The quantitative estimate of drug-likeness (QED) is 0.537. The summed E-state index contributed by atoms with van der Waals surface area (Å²) < 4.78 is 0. The molecule has 0 amide bonds. The molecule has 0 aromatic heterocycles. The maximum absolute atomic E-state index is 11.0. The average Bonchev–Trinajstić information content (AvgIpc) is 2.01. The fourth-order valence-electron chi connectivity index (χ4n) is 0.910. The molecule has 0 rings (SSSR count). The zero-order chi connectivity index (χ0) is 8.53. The summed E-state index contributed by atoms with van der Waals surface area (Å²) in [5.74, 6) is 0.407. The summed E-state index contributed by atoms with van der Waals surface area (Å²) >= 11 is 0. The third-order valence-electron chi connectivity index (χ3n) is 1.63. The Hall–Kier alpha value is -0.590. The van der Waals surface area contributed by atoms with Crippen molar-refractivity contribution >= 4 is 5.78 Å². The van der Waals surface area contributed by atoms with E-state index in [-0.39, 0.29) is 0 Å². The topological polar surface area (TPSA) is 17.1 Å². The van der Waals surface area contributed by atoms with E-state index >= 15 is 0 Å². The van der Waals surface area contributed by atoms with E-state index < -0.39 is 0 Å². The van der Waals surface area contributed by atoms with Gasteiger partial charge >= 0.3 is 0 Å². The van der Waals surface area contributed by atoms with Gasteiger partial charge in [0.25, 0.3) is 0 Å². The molecule has 11 heavy (non-hydrogen) atoms. The number of carbonyl (C=O) groups is 1. The van der Waals surface area contributed by atoms with Gasteiger partial charge in [-0.15, -0.1) is 0 Å². The van der Waals surface area contributed by atoms with Crippen LogP contribution in [-0.4, -0.2) is 5.78 Å². The molecule has 0 unspecified atom stereocenters. The molecule has 0 aliphatic heterocycles. The molecule has 0 radical (unpaired) electrons. The molecule has 0 aliphatic rings. The second kappa shape index (κ2) is 7.52. The van der Waals surface area contributed by atoms with Gasteiger partial charge in [-0.2, -0.15) is 0 Å². The number of rotatable bonds is 6. The van der Waals surface area contributed by atoms with Crippen molar-refractivity contribution in [2.24, 2.45) is 0 Å². The van der Waals surface area contributed by atoms with Crippen LogP contribution in [0, 0.1) is 0 Å². The second-order valence-corrected chi connectivity index (χ2v) is 2.75. The van der Waals surface area contributed by atoms with Gasteiger partial charge in [0.2, 0.25) is 0 Å². The van der Waals surface area contributed by atoms with Crippen LogP contribution in [0.2, 0.25) is 0 Å². The number of hydrogen-bond acceptors (Lipinski definition) is 1. The standard InChI is InChI=1S/C10H18O/c1-3-5-7-9-10(11)8-6-4-2/h3,5H,4,6-9H2,1-2H3/b5-3+. The van der Waals surface area contributed by atoms with Gasteiger partial charge in [0.05, 0.1) is 0 Å². The van der Waals surface area contributed by atoms with E-state index in [4.69, 9.17) is 0 Å². The molecule has 0 bridgehead atoms. The molecule has 0 saturated carbocycles. The molecular formula is C10H18O. The highest BCUT2D eigenvalue weighted by molar-refractivity contribution is 5.78. The van der Waals surface area contributed by atoms with Gasteiger partial charge in [-0.05, 0) is 19.8 Å². The highest BCUT2D eigenvalue weighted by Crippen LogP contribution is 2.01. The van der Waals surface area contributed by atoms with Gasteiger partial charge in [0.1, 0.15) is 5.78 Å². The summed E-state index contributed by atoms with van der Waals surface area (Å²) in [5, 5.41) is 0. The van der Waals surface area contributed by atoms with Crippen LogP contribution >= 0.6 is 0 Å². The predicted molar refractivity (Wildman–Crippen MR) is 48.6 cm³/mol. The Morgan fingerprint density at radius 2 is 2.09 bits per heavy atom. The third kappa shape index (κ3) is 7.31. The molecular weight excluding hydrogens is 136 g/mol. The van der Waals surface area contributed by atoms with Gasteiger partial charge in [-0.25, -0.2) is 0 Å². The maximum atomic E-state index is 11.0. The minimum atomic E-state index is 0.407. The average molecular weight is 154 g/mol. The van der Waals surface area contributed by atoms with E-state index in [9.17, 15) is 4.79 Å². The van der Waals surface area contributed by atoms with Gasteiger partial charge in [-0.1, -0.05) is 25.5 Å². The second-order valence-electron chi connectivity index (χ2n) is 2.75. The fourth-order valence-corrected chi connectivity index (χ4v) is 0.910. The first-order valence-corrected chi connectivity index (χ1v) is 4.44. The number of Topliss-reactive ketones (excluding diaryl/α,β-unsaturated/α-hetero) is 1. The van der Waals surface area contributed by atoms with Crippen LogP contribution in [0.15, 0.2) is 12.2 Å². The molecule has 0 saturated heterocycles. The van der Waals surface area contributed by atoms with Crippen molar-refractivity contribution in [3.8, 4) is 0 Å². The van der Waals surface area contributed by atoms with E-state index in [0.29, 0.717) is 5.78 Å². The highest BCUT2D eigenvalue weighted by Gasteiger charge is 1.97. The molecule has 1 nitrogen and oxygen atoms in total. The Kier molecular flexibility index (Phi) is 7.11. The zero-order valence-corrected chi connectivity index (χ0v) is 7.60. The van der Waals surface area contributed by atoms with Crippen LogP contribution in [0.3, 0.4) is 0 Å². The first kappa shape index (κ1) is 10.4. The lowest BCUT2D eigenvalue weighted by Crippen LogP contribution is -1.95. The smallest absolute Gasteiger partial charge is 0.133 e. The summed E-state index contributed by atoms with van der Waals surface area (Å²) in [6.07, 6.45) is 8.62. The van der Waals surface area contributed by atoms with Crippen molar-refractivity contribution < 1.29 is 4.79 Å². The van der Waals surface area contributed by atoms with E-state index in [2.05, 4.69) is 6.92 Å². The van der Waals surface area contributed by atoms with Crippen molar-refractivity contribution in [3.05, 3.63) is 12.2 Å². The maximum Gasteiger partial charge on any atom is 0.133 e. The molecule has 64 valence electrons. The normalized spacial score (nSPS) is 10.7. The number of ketones is 1. The van der Waals surface area contributed by atoms with E-state index in [1.807, 2.05) is 19.1 Å². The van der Waals surface area contributed by atoms with Crippen molar-refractivity contribution in [1.29, 1.82) is 0 Å². The van der Waals surface area contributed by atoms with Crippen LogP contribution < -0.4 is 0 Å². The SMILES string of the molecule is C/C=C/CCC(=O)CCCC. The summed E-state index contributed by atoms with van der Waals surface area (Å²) in [4.78, 5) is 11.0. The molecule has 0 spiro atoms. The highest BCUT2D eigenvalue weighted by atomic mass is 16.1. The van der Waals surface area contributed by atoms with Crippen molar-refractivity contribution in [3.63, 3.8) is 0 Å². The third-order valence-corrected chi connectivity index (χ3v) is 1.63. The van der Waals surface area contributed by atoms with Crippen LogP contribution in [0.4, 0.5) is 0 Å². The fraction of sp³-hybridized carbons (Fsp3) is 0.700. The van der Waals surface area contributed by atoms with Gasteiger partial charge in [0, 0.05) is 12.8 Å². The molecule has 0 aliphatic carbocycles. The lowest BCUT2D eigenvalue weighted by atomic mass is 10.1. The molecule has 0 aromatic carbocycles. The van der Waals surface area contributed by atoms with Crippen molar-refractivity contribution in [2.75, 3.05) is 0 Å². The molecule has 0 fully saturated rings. The molecule has 0 N–H and O–H groups in total. The molecule has 0 heterocycles. The number of allylic oxidation sites excluding steroid dienone is 2. The van der Waals surface area contributed by atoms with Gasteiger partial charge < -0.3 is 0 Å². The van der Waals surface area contributed by atoms with Gasteiger partial charge in [-0.3, -0.25) is 4.79 Å². The Balaban J connectivity index is 3.22. The first-order chi connectivity index (χ1) is 5.31. The summed E-state index contributed by atoms with van der Waals surface area (Å²) in [7, 11) is 0. The van der Waals surface area contributed by atoms with E-state index in [1.54, 1.807) is 0 Å². The molecule has 0 atom stereocenters. The number of hydrogen-bond donors (Lipinski definition) is 0. The summed E-state index contributed by atoms with van der Waals surface area (Å²) in [6, 6.07) is 0. The Morgan fingerprint density at radius 3 is 2.64 bits per heavy atom. The lowest BCUT2D eigenvalue weighted by molar-refractivity contribution is -0.119. The van der Waals surface area contributed by atoms with Crippen LogP contribution in [0.5, 0.6) is 0 Å². The van der Waals surface area contributed by atoms with Crippen LogP contribution in [0.1, 0.15) is 46.0 Å². The van der Waals surface area contributed by atoms with Crippen LogP contribution in [-0.2, 0) is 4.79 Å². The number of carbonyl (C=O) groups excluding carboxylic acids is 1. The largest absolute Gasteiger partial charge is 0.300 e. The van der Waals surface area contributed by atoms with Gasteiger partial charge in [0.15, 0.2) is 0 Å². The molecule has 0 aromatic rings. The Labute approximate surface area is 69.5 Å². The number of unbranched alkanes of at least 4 members (excludes halogenated alkanes) is 1. The van der Waals surface area contributed by atoms with Crippen molar-refractivity contribution in [1.82, 2.24) is 0 Å².